The van der Waals surface area contributed by atoms with Crippen molar-refractivity contribution in [2.45, 2.75) is 33.2 Å². The monoisotopic (exact) mass is 281 g/mol. The molecule has 1 rings (SSSR count). The first-order valence-electron chi connectivity index (χ1n) is 6.58. The molecule has 1 N–H and O–H groups in total. The van der Waals surface area contributed by atoms with Crippen LogP contribution in [0.15, 0.2) is 16.9 Å². The molecule has 0 aliphatic carbocycles. The zero-order valence-corrected chi connectivity index (χ0v) is 11.7. The molecule has 20 heavy (non-hydrogen) atoms. The molecule has 1 aromatic rings. The van der Waals surface area contributed by atoms with Crippen molar-refractivity contribution in [3.63, 3.8) is 0 Å². The summed E-state index contributed by atoms with van der Waals surface area (Å²) in [6.07, 6.45) is 0.620. The highest BCUT2D eigenvalue weighted by atomic mass is 16.4. The van der Waals surface area contributed by atoms with Gasteiger partial charge in [-0.1, -0.05) is 6.92 Å². The minimum atomic E-state index is -0.958. The first-order valence-corrected chi connectivity index (χ1v) is 6.58. The van der Waals surface area contributed by atoms with E-state index in [0.717, 1.165) is 6.42 Å². The normalized spacial score (nSPS) is 10.3. The number of aryl methyl sites for hydroxylation is 1. The van der Waals surface area contributed by atoms with E-state index in [4.69, 9.17) is 5.11 Å². The molecule has 110 valence electrons. The molecule has 1 aromatic heterocycles. The number of nitrogens with zero attached hydrogens (tertiary/aromatic N) is 3. The summed E-state index contributed by atoms with van der Waals surface area (Å²) >= 11 is 0. The van der Waals surface area contributed by atoms with Gasteiger partial charge < -0.3 is 10.0 Å². The van der Waals surface area contributed by atoms with Gasteiger partial charge in [0.25, 0.3) is 11.5 Å². The van der Waals surface area contributed by atoms with Crippen LogP contribution in [0, 0.1) is 0 Å². The zero-order valence-electron chi connectivity index (χ0n) is 11.7. The standard InChI is InChI=1S/C13H19N3O4/c1-3-8-16-11(17)6-5-10(14-16)13(20)15(4-2)9-7-12(18)19/h5-6H,3-4,7-9H2,1-2H3,(H,18,19). The number of rotatable bonds is 7. The third kappa shape index (κ3) is 4.18. The van der Waals surface area contributed by atoms with Crippen LogP contribution in [0.4, 0.5) is 0 Å². The Bertz CT molecular complexity index is 539. The van der Waals surface area contributed by atoms with E-state index >= 15 is 0 Å². The van der Waals surface area contributed by atoms with Crippen LogP contribution in [0.2, 0.25) is 0 Å². The van der Waals surface area contributed by atoms with Gasteiger partial charge in [0.05, 0.1) is 6.42 Å². The lowest BCUT2D eigenvalue weighted by molar-refractivity contribution is -0.137. The molecule has 0 saturated heterocycles. The summed E-state index contributed by atoms with van der Waals surface area (Å²) in [6.45, 7) is 4.64. The number of carbonyl (C=O) groups excluding carboxylic acids is 1. The number of hydrogen-bond donors (Lipinski definition) is 1. The molecular weight excluding hydrogens is 262 g/mol. The Labute approximate surface area is 116 Å². The number of aliphatic carboxylic acids is 1. The largest absolute Gasteiger partial charge is 0.481 e. The Kier molecular flexibility index (Phi) is 5.89. The maximum Gasteiger partial charge on any atom is 0.305 e. The molecule has 0 bridgehead atoms. The molecule has 0 spiro atoms. The Morgan fingerprint density at radius 3 is 2.60 bits per heavy atom. The van der Waals surface area contributed by atoms with Crippen molar-refractivity contribution < 1.29 is 14.7 Å². The zero-order chi connectivity index (χ0) is 15.1. The highest BCUT2D eigenvalue weighted by molar-refractivity contribution is 5.92. The summed E-state index contributed by atoms with van der Waals surface area (Å²) in [5, 5.41) is 12.7. The second kappa shape index (κ2) is 7.42. The maximum atomic E-state index is 12.2. The fraction of sp³-hybridized carbons (Fsp3) is 0.538. The SMILES string of the molecule is CCCn1nc(C(=O)N(CC)CCC(=O)O)ccc1=O. The highest BCUT2D eigenvalue weighted by Crippen LogP contribution is 2.01. The summed E-state index contributed by atoms with van der Waals surface area (Å²) in [5.74, 6) is -1.32. The number of carbonyl (C=O) groups is 2. The van der Waals surface area contributed by atoms with E-state index < -0.39 is 5.97 Å². The van der Waals surface area contributed by atoms with Crippen LogP contribution in [0.1, 0.15) is 37.2 Å². The van der Waals surface area contributed by atoms with Gasteiger partial charge in [0.1, 0.15) is 5.69 Å². The predicted molar refractivity (Wildman–Crippen MR) is 72.6 cm³/mol. The average Bonchev–Trinajstić information content (AvgIpc) is 2.41. The van der Waals surface area contributed by atoms with Crippen molar-refractivity contribution in [1.29, 1.82) is 0 Å². The maximum absolute atomic E-state index is 12.2. The molecule has 0 aliphatic rings. The van der Waals surface area contributed by atoms with E-state index in [1.54, 1.807) is 6.92 Å². The fourth-order valence-electron chi connectivity index (χ4n) is 1.73. The summed E-state index contributed by atoms with van der Waals surface area (Å²) in [4.78, 5) is 35.7. The first kappa shape index (κ1) is 15.9. The van der Waals surface area contributed by atoms with E-state index in [1.165, 1.54) is 21.7 Å². The van der Waals surface area contributed by atoms with E-state index in [0.29, 0.717) is 13.1 Å². The average molecular weight is 281 g/mol. The number of hydrogen-bond acceptors (Lipinski definition) is 4. The molecule has 1 amide bonds. The number of amides is 1. The van der Waals surface area contributed by atoms with Gasteiger partial charge in [-0.2, -0.15) is 5.10 Å². The molecule has 1 heterocycles. The lowest BCUT2D eigenvalue weighted by Gasteiger charge is -2.19. The van der Waals surface area contributed by atoms with E-state index in [2.05, 4.69) is 5.10 Å². The van der Waals surface area contributed by atoms with Gasteiger partial charge in [0.2, 0.25) is 0 Å². The minimum Gasteiger partial charge on any atom is -0.481 e. The minimum absolute atomic E-state index is 0.117. The summed E-state index contributed by atoms with van der Waals surface area (Å²) in [7, 11) is 0. The molecule has 0 aromatic carbocycles. The van der Waals surface area contributed by atoms with Crippen molar-refractivity contribution in [3.05, 3.63) is 28.2 Å². The van der Waals surface area contributed by atoms with Gasteiger partial charge in [-0.25, -0.2) is 4.68 Å². The van der Waals surface area contributed by atoms with Crippen LogP contribution in [-0.2, 0) is 11.3 Å². The van der Waals surface area contributed by atoms with Gasteiger partial charge in [0.15, 0.2) is 0 Å². The molecule has 0 radical (unpaired) electrons. The lowest BCUT2D eigenvalue weighted by Crippen LogP contribution is -2.35. The van der Waals surface area contributed by atoms with E-state index in [9.17, 15) is 14.4 Å². The van der Waals surface area contributed by atoms with Crippen molar-refractivity contribution in [1.82, 2.24) is 14.7 Å². The van der Waals surface area contributed by atoms with Gasteiger partial charge in [0, 0.05) is 25.7 Å². The smallest absolute Gasteiger partial charge is 0.305 e. The number of carboxylic acids is 1. The third-order valence-corrected chi connectivity index (χ3v) is 2.79. The lowest BCUT2D eigenvalue weighted by atomic mass is 10.3. The molecule has 0 aliphatic heterocycles. The van der Waals surface area contributed by atoms with Gasteiger partial charge >= 0.3 is 5.97 Å². The Morgan fingerprint density at radius 1 is 1.35 bits per heavy atom. The van der Waals surface area contributed by atoms with Crippen molar-refractivity contribution >= 4 is 11.9 Å². The van der Waals surface area contributed by atoms with Crippen molar-refractivity contribution in [2.75, 3.05) is 13.1 Å². The van der Waals surface area contributed by atoms with E-state index in [1.807, 2.05) is 6.92 Å². The van der Waals surface area contributed by atoms with Gasteiger partial charge in [-0.15, -0.1) is 0 Å². The van der Waals surface area contributed by atoms with Gasteiger partial charge in [-0.3, -0.25) is 14.4 Å². The van der Waals surface area contributed by atoms with Crippen LogP contribution < -0.4 is 5.56 Å². The second-order valence-corrected chi connectivity index (χ2v) is 4.31. The number of carboxylic acid groups (broad SMARTS) is 1. The highest BCUT2D eigenvalue weighted by Gasteiger charge is 2.17. The second-order valence-electron chi connectivity index (χ2n) is 4.31. The summed E-state index contributed by atoms with van der Waals surface area (Å²) < 4.78 is 1.25. The van der Waals surface area contributed by atoms with Crippen molar-refractivity contribution in [3.8, 4) is 0 Å². The van der Waals surface area contributed by atoms with Crippen LogP contribution in [0.25, 0.3) is 0 Å². The Balaban J connectivity index is 2.91. The predicted octanol–water partition coefficient (Wildman–Crippen LogP) is 0.590. The molecule has 7 heteroatoms. The molecule has 0 atom stereocenters. The van der Waals surface area contributed by atoms with Crippen LogP contribution >= 0.6 is 0 Å². The van der Waals surface area contributed by atoms with Crippen LogP contribution in [-0.4, -0.2) is 44.8 Å². The Morgan fingerprint density at radius 2 is 2.05 bits per heavy atom. The van der Waals surface area contributed by atoms with Crippen LogP contribution in [0.5, 0.6) is 0 Å². The first-order chi connectivity index (χ1) is 9.49. The molecule has 0 saturated carbocycles. The molecule has 0 unspecified atom stereocenters. The fourth-order valence-corrected chi connectivity index (χ4v) is 1.73. The summed E-state index contributed by atoms with van der Waals surface area (Å²) in [6, 6.07) is 2.68. The topological polar surface area (TPSA) is 92.5 Å². The van der Waals surface area contributed by atoms with Crippen LogP contribution in [0.3, 0.4) is 0 Å². The molecule has 0 fully saturated rings. The molecule has 7 nitrogen and oxygen atoms in total. The Hall–Kier alpha value is -2.18. The number of aromatic nitrogens is 2. The van der Waals surface area contributed by atoms with Gasteiger partial charge in [-0.05, 0) is 19.4 Å². The summed E-state index contributed by atoms with van der Waals surface area (Å²) in [5.41, 5.74) is -0.0951. The molecular formula is C13H19N3O4. The van der Waals surface area contributed by atoms with Crippen molar-refractivity contribution in [2.24, 2.45) is 0 Å². The quantitative estimate of drug-likeness (QED) is 0.789. The third-order valence-electron chi connectivity index (χ3n) is 2.79. The van der Waals surface area contributed by atoms with E-state index in [-0.39, 0.29) is 30.1 Å².